The fraction of sp³-hybridized carbons (Fsp3) is 0.267. The molecule has 116 valence electrons. The minimum Gasteiger partial charge on any atom is -0.477 e. The molecule has 0 aliphatic carbocycles. The van der Waals surface area contributed by atoms with Gasteiger partial charge in [-0.1, -0.05) is 19.1 Å². The smallest absolute Gasteiger partial charge is 0.342 e. The van der Waals surface area contributed by atoms with Crippen LogP contribution in [0.5, 0.6) is 0 Å². The van der Waals surface area contributed by atoms with Crippen LogP contribution >= 0.6 is 11.8 Å². The molecule has 1 heterocycles. The molecule has 7 heteroatoms. The quantitative estimate of drug-likeness (QED) is 0.647. The summed E-state index contributed by atoms with van der Waals surface area (Å²) < 4.78 is 5.33. The van der Waals surface area contributed by atoms with Crippen molar-refractivity contribution >= 4 is 29.5 Å². The number of carboxylic acid groups (broad SMARTS) is 1. The summed E-state index contributed by atoms with van der Waals surface area (Å²) in [6, 6.07) is 7.59. The van der Waals surface area contributed by atoms with Gasteiger partial charge < -0.3 is 14.4 Å². The van der Waals surface area contributed by atoms with Gasteiger partial charge in [-0.25, -0.2) is 4.79 Å². The summed E-state index contributed by atoms with van der Waals surface area (Å²) in [6.45, 7) is 1.89. The van der Waals surface area contributed by atoms with E-state index in [0.29, 0.717) is 12.3 Å². The molecule has 0 amide bonds. The van der Waals surface area contributed by atoms with Gasteiger partial charge in [0.05, 0.1) is 0 Å². The van der Waals surface area contributed by atoms with Crippen LogP contribution in [0.3, 0.4) is 0 Å². The Kier molecular flexibility index (Phi) is 5.21. The van der Waals surface area contributed by atoms with Crippen LogP contribution in [-0.4, -0.2) is 35.4 Å². The molecule has 1 aromatic carbocycles. The molecule has 1 aromatic heterocycles. The van der Waals surface area contributed by atoms with Gasteiger partial charge in [-0.15, -0.1) is 10.2 Å². The Hall–Kier alpha value is -2.28. The molecule has 0 aliphatic heterocycles. The van der Waals surface area contributed by atoms with Gasteiger partial charge in [0.2, 0.25) is 5.89 Å². The van der Waals surface area contributed by atoms with Crippen molar-refractivity contribution in [3.05, 3.63) is 40.6 Å². The Labute approximate surface area is 132 Å². The molecule has 0 saturated heterocycles. The topological polar surface area (TPSA) is 79.5 Å². The largest absolute Gasteiger partial charge is 0.477 e. The van der Waals surface area contributed by atoms with E-state index in [-0.39, 0.29) is 10.1 Å². The first kappa shape index (κ1) is 16.1. The van der Waals surface area contributed by atoms with Gasteiger partial charge in [0.25, 0.3) is 5.22 Å². The van der Waals surface area contributed by atoms with Gasteiger partial charge >= 0.3 is 5.97 Å². The second kappa shape index (κ2) is 7.13. The van der Waals surface area contributed by atoms with Crippen LogP contribution in [0, 0.1) is 0 Å². The number of carbonyl (C=O) groups is 1. The summed E-state index contributed by atoms with van der Waals surface area (Å²) in [5.41, 5.74) is 1.84. The first-order chi connectivity index (χ1) is 10.5. The summed E-state index contributed by atoms with van der Waals surface area (Å²) in [7, 11) is 3.90. The number of carboxylic acids is 1. The van der Waals surface area contributed by atoms with Crippen LogP contribution < -0.4 is 4.90 Å². The van der Waals surface area contributed by atoms with E-state index in [2.05, 4.69) is 10.2 Å². The maximum Gasteiger partial charge on any atom is 0.342 e. The van der Waals surface area contributed by atoms with Crippen LogP contribution in [0.4, 0.5) is 5.69 Å². The summed E-state index contributed by atoms with van der Waals surface area (Å²) >= 11 is 0.949. The number of aromatic nitrogens is 2. The van der Waals surface area contributed by atoms with Crippen molar-refractivity contribution in [2.24, 2.45) is 0 Å². The lowest BCUT2D eigenvalue weighted by atomic mass is 10.2. The van der Waals surface area contributed by atoms with E-state index in [1.165, 1.54) is 0 Å². The van der Waals surface area contributed by atoms with Crippen molar-refractivity contribution in [3.8, 4) is 0 Å². The average Bonchev–Trinajstić information content (AvgIpc) is 2.94. The number of aryl methyl sites for hydroxylation is 1. The van der Waals surface area contributed by atoms with Gasteiger partial charge in [0, 0.05) is 26.2 Å². The Morgan fingerprint density at radius 2 is 2.00 bits per heavy atom. The van der Waals surface area contributed by atoms with E-state index in [4.69, 9.17) is 4.42 Å². The van der Waals surface area contributed by atoms with Crippen molar-refractivity contribution in [1.29, 1.82) is 0 Å². The minimum atomic E-state index is -1.03. The minimum absolute atomic E-state index is 0.129. The van der Waals surface area contributed by atoms with Crippen LogP contribution in [0.2, 0.25) is 0 Å². The van der Waals surface area contributed by atoms with Gasteiger partial charge in [0.1, 0.15) is 4.91 Å². The molecule has 0 spiro atoms. The van der Waals surface area contributed by atoms with Gasteiger partial charge in [-0.3, -0.25) is 0 Å². The number of thioether (sulfide) groups is 1. The fourth-order valence-electron chi connectivity index (χ4n) is 1.67. The Balaban J connectivity index is 2.21. The van der Waals surface area contributed by atoms with E-state index >= 15 is 0 Å². The molecule has 0 aliphatic rings. The first-order valence-corrected chi connectivity index (χ1v) is 7.54. The third-order valence-corrected chi connectivity index (χ3v) is 3.72. The monoisotopic (exact) mass is 319 g/mol. The second-order valence-electron chi connectivity index (χ2n) is 4.72. The third-order valence-electron chi connectivity index (χ3n) is 2.87. The lowest BCUT2D eigenvalue weighted by molar-refractivity contribution is -0.131. The van der Waals surface area contributed by atoms with E-state index in [0.717, 1.165) is 23.0 Å². The molecular formula is C15H17N3O3S. The number of benzene rings is 1. The lowest BCUT2D eigenvalue weighted by Crippen LogP contribution is -2.07. The number of hydrogen-bond acceptors (Lipinski definition) is 6. The molecule has 0 bridgehead atoms. The van der Waals surface area contributed by atoms with Crippen molar-refractivity contribution in [2.75, 3.05) is 19.0 Å². The molecule has 0 saturated carbocycles. The van der Waals surface area contributed by atoms with Gasteiger partial charge in [-0.05, 0) is 35.5 Å². The predicted octanol–water partition coefficient (Wildman–Crippen LogP) is 2.92. The van der Waals surface area contributed by atoms with E-state index in [9.17, 15) is 9.90 Å². The molecule has 22 heavy (non-hydrogen) atoms. The Bertz CT molecular complexity index is 678. The zero-order valence-corrected chi connectivity index (χ0v) is 13.4. The summed E-state index contributed by atoms with van der Waals surface area (Å²) in [5, 5.41) is 17.2. The number of nitrogens with zero attached hydrogens (tertiary/aromatic N) is 3. The van der Waals surface area contributed by atoms with Crippen molar-refractivity contribution < 1.29 is 14.3 Å². The molecule has 0 unspecified atom stereocenters. The normalized spacial score (nSPS) is 11.5. The van der Waals surface area contributed by atoms with Gasteiger partial charge in [-0.2, -0.15) is 0 Å². The fourth-order valence-corrected chi connectivity index (χ4v) is 2.36. The first-order valence-electron chi connectivity index (χ1n) is 6.72. The van der Waals surface area contributed by atoms with Crippen molar-refractivity contribution in [1.82, 2.24) is 10.2 Å². The average molecular weight is 319 g/mol. The molecule has 2 rings (SSSR count). The van der Waals surface area contributed by atoms with E-state index in [1.54, 1.807) is 6.08 Å². The molecular weight excluding hydrogens is 302 g/mol. The number of hydrogen-bond donors (Lipinski definition) is 1. The maximum absolute atomic E-state index is 11.4. The zero-order chi connectivity index (χ0) is 16.1. The predicted molar refractivity (Wildman–Crippen MR) is 85.9 cm³/mol. The molecule has 0 atom stereocenters. The van der Waals surface area contributed by atoms with Crippen LogP contribution in [0.25, 0.3) is 6.08 Å². The van der Waals surface area contributed by atoms with Crippen LogP contribution in [0.15, 0.2) is 38.8 Å². The highest BCUT2D eigenvalue weighted by Crippen LogP contribution is 2.28. The molecule has 6 nitrogen and oxygen atoms in total. The Morgan fingerprint density at radius 3 is 2.50 bits per heavy atom. The Morgan fingerprint density at radius 1 is 1.32 bits per heavy atom. The molecule has 2 aromatic rings. The standard InChI is InChI=1S/C15H17N3O3S/c1-4-13-16-17-15(21-13)22-12(14(19)20)9-10-5-7-11(8-6-10)18(2)3/h5-9H,4H2,1-3H3,(H,19,20)/b12-9-. The van der Waals surface area contributed by atoms with Crippen LogP contribution in [-0.2, 0) is 11.2 Å². The highest BCUT2D eigenvalue weighted by molar-refractivity contribution is 8.03. The summed E-state index contributed by atoms with van der Waals surface area (Å²) in [5.74, 6) is -0.541. The molecule has 0 fully saturated rings. The summed E-state index contributed by atoms with van der Waals surface area (Å²) in [6.07, 6.45) is 2.20. The molecule has 0 radical (unpaired) electrons. The highest BCUT2D eigenvalue weighted by Gasteiger charge is 2.14. The lowest BCUT2D eigenvalue weighted by Gasteiger charge is -2.11. The third kappa shape index (κ3) is 4.11. The SMILES string of the molecule is CCc1nnc(S/C(=C\c2ccc(N(C)C)cc2)C(=O)O)o1. The number of rotatable bonds is 6. The van der Waals surface area contributed by atoms with E-state index < -0.39 is 5.97 Å². The van der Waals surface area contributed by atoms with Crippen molar-refractivity contribution in [3.63, 3.8) is 0 Å². The van der Waals surface area contributed by atoms with Crippen molar-refractivity contribution in [2.45, 2.75) is 18.6 Å². The van der Waals surface area contributed by atoms with Crippen LogP contribution in [0.1, 0.15) is 18.4 Å². The number of aliphatic carboxylic acids is 1. The highest BCUT2D eigenvalue weighted by atomic mass is 32.2. The zero-order valence-electron chi connectivity index (χ0n) is 12.6. The molecule has 1 N–H and O–H groups in total. The maximum atomic E-state index is 11.4. The number of anilines is 1. The van der Waals surface area contributed by atoms with Gasteiger partial charge in [0.15, 0.2) is 0 Å². The second-order valence-corrected chi connectivity index (χ2v) is 5.71. The van der Waals surface area contributed by atoms with E-state index in [1.807, 2.05) is 50.2 Å². The summed E-state index contributed by atoms with van der Waals surface area (Å²) in [4.78, 5) is 13.5.